The average molecular weight is 268 g/mol. The van der Waals surface area contributed by atoms with Gasteiger partial charge in [0, 0.05) is 17.9 Å². The first-order valence-electron chi connectivity index (χ1n) is 6.43. The van der Waals surface area contributed by atoms with Crippen LogP contribution in [0, 0.1) is 6.92 Å². The molecule has 0 N–H and O–H groups in total. The van der Waals surface area contributed by atoms with E-state index in [1.165, 1.54) is 11.1 Å². The first-order valence-corrected chi connectivity index (χ1v) is 6.88. The highest BCUT2D eigenvalue weighted by molar-refractivity contribution is 7.80. The summed E-state index contributed by atoms with van der Waals surface area (Å²) >= 11 is 4.30. The molecule has 3 rings (SSSR count). The molecule has 1 heterocycles. The summed E-state index contributed by atoms with van der Waals surface area (Å²) in [4.78, 5) is 0.977. The number of hydrazone groups is 1. The Morgan fingerprint density at radius 2 is 1.68 bits per heavy atom. The summed E-state index contributed by atoms with van der Waals surface area (Å²) in [6, 6.07) is 16.7. The minimum Gasteiger partial charge on any atom is -0.265 e. The van der Waals surface area contributed by atoms with Crippen LogP contribution in [0.4, 0.5) is 5.69 Å². The molecule has 3 heteroatoms. The fourth-order valence-electron chi connectivity index (χ4n) is 2.22. The van der Waals surface area contributed by atoms with Crippen LogP contribution in [-0.4, -0.2) is 12.3 Å². The molecule has 0 bridgehead atoms. The SMILES string of the molecule is Cc1ccc(C2=NN(c3ccc(S)cc3)CC2)cc1. The Kier molecular flexibility index (Phi) is 3.30. The Labute approximate surface area is 119 Å². The van der Waals surface area contributed by atoms with E-state index in [2.05, 4.69) is 61.0 Å². The van der Waals surface area contributed by atoms with Gasteiger partial charge in [-0.15, -0.1) is 12.6 Å². The van der Waals surface area contributed by atoms with Gasteiger partial charge in [-0.2, -0.15) is 5.10 Å². The molecule has 2 nitrogen and oxygen atoms in total. The van der Waals surface area contributed by atoms with Gasteiger partial charge in [-0.1, -0.05) is 29.8 Å². The van der Waals surface area contributed by atoms with Crippen LogP contribution in [0.5, 0.6) is 0 Å². The number of aryl methyl sites for hydroxylation is 1. The molecule has 0 aliphatic carbocycles. The summed E-state index contributed by atoms with van der Waals surface area (Å²) in [5, 5.41) is 6.77. The minimum atomic E-state index is 0.940. The molecule has 0 amide bonds. The van der Waals surface area contributed by atoms with Gasteiger partial charge >= 0.3 is 0 Å². The molecule has 1 aliphatic rings. The van der Waals surface area contributed by atoms with Crippen LogP contribution in [0.3, 0.4) is 0 Å². The normalized spacial score (nSPS) is 14.6. The van der Waals surface area contributed by atoms with Crippen LogP contribution in [-0.2, 0) is 0 Å². The monoisotopic (exact) mass is 268 g/mol. The Morgan fingerprint density at radius 1 is 1.00 bits per heavy atom. The second-order valence-corrected chi connectivity index (χ2v) is 5.32. The zero-order valence-electron chi connectivity index (χ0n) is 10.9. The molecule has 1 aliphatic heterocycles. The molecule has 0 aromatic heterocycles. The molecule has 96 valence electrons. The molecule has 2 aromatic carbocycles. The van der Waals surface area contributed by atoms with E-state index in [0.717, 1.165) is 29.3 Å². The van der Waals surface area contributed by atoms with Crippen LogP contribution < -0.4 is 5.01 Å². The smallest absolute Gasteiger partial charge is 0.0700 e. The lowest BCUT2D eigenvalue weighted by Gasteiger charge is -2.13. The van der Waals surface area contributed by atoms with E-state index in [0.29, 0.717) is 0 Å². The molecule has 0 saturated heterocycles. The molecule has 0 atom stereocenters. The highest BCUT2D eigenvalue weighted by atomic mass is 32.1. The standard InChI is InChI=1S/C16H16N2S/c1-12-2-4-13(5-3-12)16-10-11-18(17-16)14-6-8-15(19)9-7-14/h2-9,19H,10-11H2,1H3. The Hall–Kier alpha value is -1.74. The number of anilines is 1. The van der Waals surface area contributed by atoms with E-state index in [4.69, 9.17) is 5.10 Å². The molecule has 0 radical (unpaired) electrons. The number of hydrogen-bond acceptors (Lipinski definition) is 3. The van der Waals surface area contributed by atoms with Crippen molar-refractivity contribution in [2.24, 2.45) is 5.10 Å². The van der Waals surface area contributed by atoms with E-state index in [1.807, 2.05) is 12.1 Å². The van der Waals surface area contributed by atoms with E-state index in [-0.39, 0.29) is 0 Å². The molecule has 19 heavy (non-hydrogen) atoms. The van der Waals surface area contributed by atoms with Crippen LogP contribution in [0.15, 0.2) is 58.5 Å². The van der Waals surface area contributed by atoms with E-state index >= 15 is 0 Å². The van der Waals surface area contributed by atoms with E-state index < -0.39 is 0 Å². The third-order valence-corrected chi connectivity index (χ3v) is 3.63. The third-order valence-electron chi connectivity index (χ3n) is 3.33. The topological polar surface area (TPSA) is 15.6 Å². The summed E-state index contributed by atoms with van der Waals surface area (Å²) in [7, 11) is 0. The summed E-state index contributed by atoms with van der Waals surface area (Å²) in [5.41, 5.74) is 4.79. The highest BCUT2D eigenvalue weighted by Gasteiger charge is 2.16. The molecular formula is C16H16N2S. The second-order valence-electron chi connectivity index (χ2n) is 4.80. The van der Waals surface area contributed by atoms with Crippen molar-refractivity contribution in [3.8, 4) is 0 Å². The van der Waals surface area contributed by atoms with Crippen molar-refractivity contribution in [1.29, 1.82) is 0 Å². The number of thiol groups is 1. The fraction of sp³-hybridized carbons (Fsp3) is 0.188. The summed E-state index contributed by atoms with van der Waals surface area (Å²) in [6.07, 6.45) is 0.992. The van der Waals surface area contributed by atoms with Gasteiger partial charge < -0.3 is 0 Å². The summed E-state index contributed by atoms with van der Waals surface area (Å²) in [6.45, 7) is 3.04. The van der Waals surface area contributed by atoms with Crippen LogP contribution in [0.2, 0.25) is 0 Å². The van der Waals surface area contributed by atoms with Crippen LogP contribution in [0.1, 0.15) is 17.5 Å². The van der Waals surface area contributed by atoms with E-state index in [9.17, 15) is 0 Å². The summed E-state index contributed by atoms with van der Waals surface area (Å²) < 4.78 is 0. The number of benzene rings is 2. The maximum absolute atomic E-state index is 4.71. The molecule has 0 saturated carbocycles. The van der Waals surface area contributed by atoms with Gasteiger partial charge in [-0.05, 0) is 36.8 Å². The van der Waals surface area contributed by atoms with Crippen molar-refractivity contribution < 1.29 is 0 Å². The van der Waals surface area contributed by atoms with Gasteiger partial charge in [0.25, 0.3) is 0 Å². The van der Waals surface area contributed by atoms with Crippen molar-refractivity contribution >= 4 is 24.0 Å². The first kappa shape index (κ1) is 12.3. The number of nitrogens with zero attached hydrogens (tertiary/aromatic N) is 2. The van der Waals surface area contributed by atoms with Crippen molar-refractivity contribution in [2.75, 3.05) is 11.6 Å². The van der Waals surface area contributed by atoms with Crippen molar-refractivity contribution in [3.05, 3.63) is 59.7 Å². The van der Waals surface area contributed by atoms with Gasteiger partial charge in [0.1, 0.15) is 0 Å². The Bertz CT molecular complexity index is 600. The van der Waals surface area contributed by atoms with E-state index in [1.54, 1.807) is 0 Å². The van der Waals surface area contributed by atoms with Gasteiger partial charge in [-0.25, -0.2) is 0 Å². The summed E-state index contributed by atoms with van der Waals surface area (Å²) in [5.74, 6) is 0. The lowest BCUT2D eigenvalue weighted by molar-refractivity contribution is 0.921. The maximum Gasteiger partial charge on any atom is 0.0700 e. The highest BCUT2D eigenvalue weighted by Crippen LogP contribution is 2.23. The molecular weight excluding hydrogens is 252 g/mol. The molecule has 0 unspecified atom stereocenters. The largest absolute Gasteiger partial charge is 0.265 e. The van der Waals surface area contributed by atoms with Crippen LogP contribution >= 0.6 is 12.6 Å². The minimum absolute atomic E-state index is 0.940. The predicted molar refractivity (Wildman–Crippen MR) is 83.4 cm³/mol. The molecule has 2 aromatic rings. The Morgan fingerprint density at radius 3 is 2.37 bits per heavy atom. The van der Waals surface area contributed by atoms with Gasteiger partial charge in [-0.3, -0.25) is 5.01 Å². The van der Waals surface area contributed by atoms with Crippen molar-refractivity contribution in [2.45, 2.75) is 18.2 Å². The second kappa shape index (κ2) is 5.10. The lowest BCUT2D eigenvalue weighted by atomic mass is 10.1. The maximum atomic E-state index is 4.71. The van der Waals surface area contributed by atoms with Crippen LogP contribution in [0.25, 0.3) is 0 Å². The van der Waals surface area contributed by atoms with Gasteiger partial charge in [0.2, 0.25) is 0 Å². The molecule has 0 spiro atoms. The number of hydrogen-bond donors (Lipinski definition) is 1. The average Bonchev–Trinajstić information content (AvgIpc) is 2.90. The Balaban J connectivity index is 1.84. The third kappa shape index (κ3) is 2.66. The van der Waals surface area contributed by atoms with Crippen molar-refractivity contribution in [1.82, 2.24) is 0 Å². The zero-order chi connectivity index (χ0) is 13.2. The van der Waals surface area contributed by atoms with Gasteiger partial charge in [0.15, 0.2) is 0 Å². The van der Waals surface area contributed by atoms with Gasteiger partial charge in [0.05, 0.1) is 11.4 Å². The zero-order valence-corrected chi connectivity index (χ0v) is 11.8. The quantitative estimate of drug-likeness (QED) is 0.817. The van der Waals surface area contributed by atoms with Crippen molar-refractivity contribution in [3.63, 3.8) is 0 Å². The molecule has 0 fully saturated rings. The fourth-order valence-corrected chi connectivity index (χ4v) is 2.37. The predicted octanol–water partition coefficient (Wildman–Crippen LogP) is 3.90. The lowest BCUT2D eigenvalue weighted by Crippen LogP contribution is -2.11. The first-order chi connectivity index (χ1) is 9.22. The number of rotatable bonds is 2.